The molecule has 0 aliphatic heterocycles. The van der Waals surface area contributed by atoms with E-state index >= 15 is 0 Å². The molecular formula is C54H34N4. The first-order valence-electron chi connectivity index (χ1n) is 19.7. The molecule has 0 fully saturated rings. The third-order valence-corrected chi connectivity index (χ3v) is 11.7. The predicted molar refractivity (Wildman–Crippen MR) is 242 cm³/mol. The molecule has 0 aliphatic rings. The average molecular weight is 739 g/mol. The van der Waals surface area contributed by atoms with Crippen LogP contribution in [0.3, 0.4) is 0 Å². The van der Waals surface area contributed by atoms with Gasteiger partial charge in [-0.3, -0.25) is 0 Å². The molecule has 0 bridgehead atoms. The summed E-state index contributed by atoms with van der Waals surface area (Å²) in [5, 5.41) is 9.69. The molecule has 0 radical (unpaired) electrons. The van der Waals surface area contributed by atoms with Crippen molar-refractivity contribution in [2.45, 2.75) is 0 Å². The number of rotatable bonds is 5. The summed E-state index contributed by atoms with van der Waals surface area (Å²) in [5.74, 6) is 0.678. The van der Waals surface area contributed by atoms with Gasteiger partial charge in [-0.1, -0.05) is 152 Å². The minimum absolute atomic E-state index is 0.678. The molecule has 3 heterocycles. The van der Waals surface area contributed by atoms with Gasteiger partial charge in [-0.2, -0.15) is 0 Å². The topological polar surface area (TPSA) is 35.6 Å². The number of hydrogen-bond donors (Lipinski definition) is 0. The van der Waals surface area contributed by atoms with Crippen LogP contribution in [-0.2, 0) is 0 Å². The van der Waals surface area contributed by atoms with E-state index in [2.05, 4.69) is 209 Å². The van der Waals surface area contributed by atoms with E-state index in [-0.39, 0.29) is 0 Å². The predicted octanol–water partition coefficient (Wildman–Crippen LogP) is 14.0. The van der Waals surface area contributed by atoms with E-state index in [9.17, 15) is 0 Å². The fraction of sp³-hybridized carbons (Fsp3) is 0. The monoisotopic (exact) mass is 738 g/mol. The molecular weight excluding hydrogens is 705 g/mol. The number of para-hydroxylation sites is 3. The highest BCUT2D eigenvalue weighted by Crippen LogP contribution is 2.42. The van der Waals surface area contributed by atoms with Crippen molar-refractivity contribution in [3.8, 4) is 45.3 Å². The maximum atomic E-state index is 5.37. The number of aromatic nitrogens is 4. The van der Waals surface area contributed by atoms with Crippen LogP contribution in [0.25, 0.3) is 110 Å². The number of benzene rings is 9. The Labute approximate surface area is 334 Å². The van der Waals surface area contributed by atoms with E-state index in [1.807, 2.05) is 6.07 Å². The molecule has 9 aromatic carbocycles. The first-order valence-corrected chi connectivity index (χ1v) is 19.7. The summed E-state index contributed by atoms with van der Waals surface area (Å²) in [4.78, 5) is 10.7. The largest absolute Gasteiger partial charge is 0.309 e. The maximum Gasteiger partial charge on any atom is 0.162 e. The first kappa shape index (κ1) is 32.4. The van der Waals surface area contributed by atoms with Gasteiger partial charge in [-0.15, -0.1) is 0 Å². The molecule has 270 valence electrons. The summed E-state index contributed by atoms with van der Waals surface area (Å²) in [6.07, 6.45) is 0. The first-order chi connectivity index (χ1) is 28.8. The highest BCUT2D eigenvalue weighted by atomic mass is 15.0. The maximum absolute atomic E-state index is 5.37. The zero-order chi connectivity index (χ0) is 38.2. The van der Waals surface area contributed by atoms with Crippen LogP contribution in [0.1, 0.15) is 0 Å². The molecule has 0 N–H and O–H groups in total. The van der Waals surface area contributed by atoms with Crippen molar-refractivity contribution in [1.29, 1.82) is 0 Å². The summed E-state index contributed by atoms with van der Waals surface area (Å²) in [6.45, 7) is 0. The molecule has 0 saturated carbocycles. The van der Waals surface area contributed by atoms with Gasteiger partial charge in [-0.25, -0.2) is 9.97 Å². The number of fused-ring (bicyclic) bond motifs is 8. The molecule has 0 aliphatic carbocycles. The highest BCUT2D eigenvalue weighted by molar-refractivity contribution is 6.19. The molecule has 4 nitrogen and oxygen atoms in total. The van der Waals surface area contributed by atoms with Crippen LogP contribution in [0.15, 0.2) is 206 Å². The van der Waals surface area contributed by atoms with Crippen molar-refractivity contribution < 1.29 is 0 Å². The van der Waals surface area contributed by atoms with Crippen molar-refractivity contribution in [2.24, 2.45) is 0 Å². The molecule has 0 spiro atoms. The lowest BCUT2D eigenvalue weighted by atomic mass is 10.0. The number of nitrogens with zero attached hydrogens (tertiary/aromatic N) is 4. The van der Waals surface area contributed by atoms with Gasteiger partial charge >= 0.3 is 0 Å². The van der Waals surface area contributed by atoms with Gasteiger partial charge in [0.15, 0.2) is 5.82 Å². The summed E-state index contributed by atoms with van der Waals surface area (Å²) in [6, 6.07) is 73.8. The SMILES string of the molecule is c1ccc(-c2cc(-c3ccc4ccccc4c3)nc(-c3ccccc3-n3c4ccccc4c4cc5c6ccccc6n(-c6cccc7ccccc67)c5cc43)n2)cc1. The van der Waals surface area contributed by atoms with Gasteiger partial charge in [0.25, 0.3) is 0 Å². The van der Waals surface area contributed by atoms with Crippen molar-refractivity contribution in [2.75, 3.05) is 0 Å². The average Bonchev–Trinajstić information content (AvgIpc) is 3.79. The summed E-state index contributed by atoms with van der Waals surface area (Å²) < 4.78 is 4.86. The molecule has 4 heteroatoms. The second-order valence-electron chi connectivity index (χ2n) is 15.0. The van der Waals surface area contributed by atoms with Crippen LogP contribution < -0.4 is 0 Å². The second kappa shape index (κ2) is 12.9. The molecule has 0 atom stereocenters. The lowest BCUT2D eigenvalue weighted by Crippen LogP contribution is -2.01. The van der Waals surface area contributed by atoms with Crippen LogP contribution in [-0.4, -0.2) is 19.1 Å². The normalized spacial score (nSPS) is 11.8. The minimum atomic E-state index is 0.678. The fourth-order valence-corrected chi connectivity index (χ4v) is 9.03. The van der Waals surface area contributed by atoms with Crippen LogP contribution in [0, 0.1) is 0 Å². The Balaban J connectivity index is 1.14. The lowest BCUT2D eigenvalue weighted by Gasteiger charge is -2.15. The van der Waals surface area contributed by atoms with Gasteiger partial charge in [0.2, 0.25) is 0 Å². The molecule has 12 rings (SSSR count). The van der Waals surface area contributed by atoms with E-state index < -0.39 is 0 Å². The lowest BCUT2D eigenvalue weighted by molar-refractivity contribution is 1.14. The van der Waals surface area contributed by atoms with Crippen molar-refractivity contribution >= 4 is 65.2 Å². The van der Waals surface area contributed by atoms with Crippen molar-refractivity contribution in [3.05, 3.63) is 206 Å². The minimum Gasteiger partial charge on any atom is -0.309 e. The van der Waals surface area contributed by atoms with Crippen LogP contribution in [0.4, 0.5) is 0 Å². The third-order valence-electron chi connectivity index (χ3n) is 11.7. The molecule has 0 saturated heterocycles. The Morgan fingerprint density at radius 3 is 1.60 bits per heavy atom. The molecule has 0 unspecified atom stereocenters. The zero-order valence-electron chi connectivity index (χ0n) is 31.4. The van der Waals surface area contributed by atoms with E-state index in [1.54, 1.807) is 0 Å². The molecule has 3 aromatic heterocycles. The highest BCUT2D eigenvalue weighted by Gasteiger charge is 2.22. The van der Waals surface area contributed by atoms with E-state index in [0.29, 0.717) is 5.82 Å². The van der Waals surface area contributed by atoms with Gasteiger partial charge in [0, 0.05) is 43.6 Å². The van der Waals surface area contributed by atoms with E-state index in [0.717, 1.165) is 50.3 Å². The molecule has 58 heavy (non-hydrogen) atoms. The second-order valence-corrected chi connectivity index (χ2v) is 15.0. The Hall–Kier alpha value is -7.82. The van der Waals surface area contributed by atoms with Crippen molar-refractivity contribution in [3.63, 3.8) is 0 Å². The standard InChI is InChI=1S/C54H34N4/c1-2-17-37(18-3-1)46-33-47(39-30-29-35-15-4-5-19-38(35)31-39)56-54(55-46)43-24-10-13-27-51(43)58-50-26-12-9-23-42(50)45-32-44-41-22-8-11-25-49(41)57(52(44)34-53(45)58)48-28-14-20-36-16-6-7-21-40(36)48/h1-34H. The van der Waals surface area contributed by atoms with Gasteiger partial charge < -0.3 is 9.13 Å². The van der Waals surface area contributed by atoms with Crippen LogP contribution in [0.5, 0.6) is 0 Å². The number of hydrogen-bond acceptors (Lipinski definition) is 2. The summed E-state index contributed by atoms with van der Waals surface area (Å²) >= 11 is 0. The van der Waals surface area contributed by atoms with Crippen LogP contribution >= 0.6 is 0 Å². The molecule has 0 amide bonds. The van der Waals surface area contributed by atoms with E-state index in [1.165, 1.54) is 54.3 Å². The third kappa shape index (κ3) is 5.02. The Kier molecular flexibility index (Phi) is 7.20. The molecule has 12 aromatic rings. The van der Waals surface area contributed by atoms with Gasteiger partial charge in [0.05, 0.1) is 44.8 Å². The van der Waals surface area contributed by atoms with Gasteiger partial charge in [-0.05, 0) is 70.8 Å². The van der Waals surface area contributed by atoms with Gasteiger partial charge in [0.1, 0.15) is 0 Å². The Morgan fingerprint density at radius 1 is 0.293 bits per heavy atom. The quantitative estimate of drug-likeness (QED) is 0.176. The smallest absolute Gasteiger partial charge is 0.162 e. The summed E-state index contributed by atoms with van der Waals surface area (Å²) in [7, 11) is 0. The van der Waals surface area contributed by atoms with Crippen molar-refractivity contribution in [1.82, 2.24) is 19.1 Å². The Morgan fingerprint density at radius 2 is 0.845 bits per heavy atom. The zero-order valence-corrected chi connectivity index (χ0v) is 31.4. The van der Waals surface area contributed by atoms with E-state index in [4.69, 9.17) is 9.97 Å². The van der Waals surface area contributed by atoms with Crippen LogP contribution in [0.2, 0.25) is 0 Å². The Bertz CT molecular complexity index is 3570. The fourth-order valence-electron chi connectivity index (χ4n) is 9.03. The summed E-state index contributed by atoms with van der Waals surface area (Å²) in [5.41, 5.74) is 11.6.